The molecule has 0 amide bonds. The smallest absolute Gasteiger partial charge is 0.317 e. The lowest BCUT2D eigenvalue weighted by atomic mass is 10.5. The van der Waals surface area contributed by atoms with E-state index in [9.17, 15) is 0 Å². The van der Waals surface area contributed by atoms with Crippen LogP contribution in [0.4, 0.5) is 0 Å². The predicted octanol–water partition coefficient (Wildman–Crippen LogP) is 5.31. The molecule has 0 aliphatic heterocycles. The van der Waals surface area contributed by atoms with Crippen LogP contribution in [0.15, 0.2) is 9.98 Å². The van der Waals surface area contributed by atoms with Crippen molar-refractivity contribution in [3.05, 3.63) is 0 Å². The molecule has 2 unspecified atom stereocenters. The van der Waals surface area contributed by atoms with Gasteiger partial charge in [0, 0.05) is 69.5 Å². The van der Waals surface area contributed by atoms with Gasteiger partial charge in [-0.05, 0) is 90.4 Å². The molecule has 0 aliphatic carbocycles. The lowest BCUT2D eigenvalue weighted by Crippen LogP contribution is -2.60. The largest absolute Gasteiger partial charge is 0.437 e. The van der Waals surface area contributed by atoms with Crippen molar-refractivity contribution >= 4 is 54.2 Å². The summed E-state index contributed by atoms with van der Waals surface area (Å²) in [7, 11) is 4.84. The molecule has 244 valence electrons. The van der Waals surface area contributed by atoms with Gasteiger partial charge in [0.1, 0.15) is 0 Å². The van der Waals surface area contributed by atoms with Crippen LogP contribution in [-0.4, -0.2) is 143 Å². The van der Waals surface area contributed by atoms with Crippen LogP contribution < -0.4 is 0 Å². The zero-order valence-corrected chi connectivity index (χ0v) is 35.1. The van der Waals surface area contributed by atoms with Gasteiger partial charge in [0.05, 0.1) is 0 Å². The minimum absolute atomic E-state index is 0.720. The number of nitrogens with zero attached hydrogens (tertiary/aromatic N) is 6. The Bertz CT molecular complexity index is 827. The van der Waals surface area contributed by atoms with Crippen LogP contribution in [0.2, 0.25) is 77.6 Å². The monoisotopic (exact) mass is 666 g/mol. The van der Waals surface area contributed by atoms with E-state index < -0.39 is 42.3 Å². The normalized spacial score (nSPS) is 15.5. The standard InChI is InChI=1S/C26H66N6O4Si5/c1-29(2)25(30(3)4)27-21-19-23-40(17,34-38(12,13)14)36-41(18,35-39(15,16)33-37(9,10)11)24-20-22-28-26(31(5)6)32(7)8/h19-24H2,1-18H3. The van der Waals surface area contributed by atoms with Crippen molar-refractivity contribution in [2.24, 2.45) is 9.98 Å². The fourth-order valence-electron chi connectivity index (χ4n) is 5.15. The molecule has 15 heteroatoms. The number of hydrogen-bond acceptors (Lipinski definition) is 6. The third-order valence-electron chi connectivity index (χ3n) is 5.65. The Morgan fingerprint density at radius 2 is 0.780 bits per heavy atom. The second-order valence-electron chi connectivity index (χ2n) is 14.4. The molecule has 0 radical (unpaired) electrons. The van der Waals surface area contributed by atoms with Crippen molar-refractivity contribution in [2.45, 2.75) is 90.4 Å². The van der Waals surface area contributed by atoms with Gasteiger partial charge in [0.25, 0.3) is 0 Å². The molecule has 0 aliphatic rings. The molecule has 0 aromatic heterocycles. The van der Waals surface area contributed by atoms with E-state index in [0.717, 1.165) is 49.9 Å². The Balaban J connectivity index is 6.13. The highest BCUT2D eigenvalue weighted by Gasteiger charge is 2.48. The van der Waals surface area contributed by atoms with E-state index in [4.69, 9.17) is 26.4 Å². The van der Waals surface area contributed by atoms with E-state index in [1.807, 2.05) is 66.2 Å². The Morgan fingerprint density at radius 3 is 1.07 bits per heavy atom. The van der Waals surface area contributed by atoms with Gasteiger partial charge < -0.3 is 36.1 Å². The van der Waals surface area contributed by atoms with E-state index >= 15 is 0 Å². The summed E-state index contributed by atoms with van der Waals surface area (Å²) >= 11 is 0. The summed E-state index contributed by atoms with van der Waals surface area (Å²) in [5.74, 6) is 1.93. The molecule has 2 atom stereocenters. The first-order chi connectivity index (χ1) is 18.3. The third-order valence-corrected chi connectivity index (χ3v) is 23.9. The molecular weight excluding hydrogens is 601 g/mol. The molecule has 0 bridgehead atoms. The second-order valence-corrected chi connectivity index (χ2v) is 34.5. The number of guanidine groups is 2. The lowest BCUT2D eigenvalue weighted by molar-refractivity contribution is 0.287. The quantitative estimate of drug-likeness (QED) is 0.0951. The van der Waals surface area contributed by atoms with Gasteiger partial charge >= 0.3 is 25.7 Å². The van der Waals surface area contributed by atoms with E-state index in [2.05, 4.69) is 75.3 Å². The third kappa shape index (κ3) is 18.0. The Hall–Kier alpha value is -0.536. The van der Waals surface area contributed by atoms with Gasteiger partial charge in [-0.25, -0.2) is 0 Å². The van der Waals surface area contributed by atoms with Gasteiger partial charge in [-0.3, -0.25) is 9.98 Å². The molecule has 10 nitrogen and oxygen atoms in total. The molecule has 0 aromatic carbocycles. The van der Waals surface area contributed by atoms with Crippen LogP contribution in [0.1, 0.15) is 12.8 Å². The number of aliphatic imine (C=N–C) groups is 2. The zero-order valence-electron chi connectivity index (χ0n) is 30.1. The maximum Gasteiger partial charge on any atom is 0.317 e. The highest BCUT2D eigenvalue weighted by atomic mass is 28.5. The van der Waals surface area contributed by atoms with Crippen LogP contribution in [-0.2, 0) is 16.5 Å². The van der Waals surface area contributed by atoms with E-state index in [1.54, 1.807) is 0 Å². The van der Waals surface area contributed by atoms with Crippen LogP contribution >= 0.6 is 0 Å². The van der Waals surface area contributed by atoms with Gasteiger partial charge in [0.2, 0.25) is 0 Å². The Morgan fingerprint density at radius 1 is 0.463 bits per heavy atom. The van der Waals surface area contributed by atoms with Crippen molar-refractivity contribution < 1.29 is 16.5 Å². The maximum atomic E-state index is 7.26. The van der Waals surface area contributed by atoms with Crippen LogP contribution in [0.3, 0.4) is 0 Å². The molecule has 0 saturated carbocycles. The molecular formula is C26H66N6O4Si5. The molecule has 0 aromatic rings. The summed E-state index contributed by atoms with van der Waals surface area (Å²) < 4.78 is 27.9. The highest BCUT2D eigenvalue weighted by Crippen LogP contribution is 2.32. The van der Waals surface area contributed by atoms with Crippen LogP contribution in [0.5, 0.6) is 0 Å². The average molecular weight is 667 g/mol. The van der Waals surface area contributed by atoms with Crippen molar-refractivity contribution in [3.63, 3.8) is 0 Å². The fraction of sp³-hybridized carbons (Fsp3) is 0.923. The fourth-order valence-corrected chi connectivity index (χ4v) is 28.9. The molecule has 0 N–H and O–H groups in total. The summed E-state index contributed by atoms with van der Waals surface area (Å²) in [4.78, 5) is 17.9. The molecule has 0 spiro atoms. The van der Waals surface area contributed by atoms with E-state index in [1.165, 1.54) is 0 Å². The van der Waals surface area contributed by atoms with Crippen LogP contribution in [0, 0.1) is 0 Å². The summed E-state index contributed by atoms with van der Waals surface area (Å²) in [6, 6.07) is 1.72. The summed E-state index contributed by atoms with van der Waals surface area (Å²) in [5.41, 5.74) is 0. The molecule has 0 rings (SSSR count). The summed E-state index contributed by atoms with van der Waals surface area (Å²) in [6.45, 7) is 23.7. The van der Waals surface area contributed by atoms with Gasteiger partial charge in [-0.1, -0.05) is 0 Å². The minimum Gasteiger partial charge on any atom is -0.437 e. The van der Waals surface area contributed by atoms with Crippen molar-refractivity contribution in [1.82, 2.24) is 19.6 Å². The predicted molar refractivity (Wildman–Crippen MR) is 190 cm³/mol. The zero-order chi connectivity index (χ0) is 32.4. The van der Waals surface area contributed by atoms with Crippen LogP contribution in [0.25, 0.3) is 0 Å². The summed E-state index contributed by atoms with van der Waals surface area (Å²) in [5, 5.41) is 0. The minimum atomic E-state index is -2.69. The van der Waals surface area contributed by atoms with E-state index in [-0.39, 0.29) is 0 Å². The maximum absolute atomic E-state index is 7.26. The average Bonchev–Trinajstić information content (AvgIpc) is 2.68. The molecule has 41 heavy (non-hydrogen) atoms. The summed E-state index contributed by atoms with van der Waals surface area (Å²) in [6.07, 6.45) is 1.80. The topological polar surface area (TPSA) is 74.6 Å². The Kier molecular flexibility index (Phi) is 16.3. The van der Waals surface area contributed by atoms with Gasteiger partial charge in [-0.15, -0.1) is 0 Å². The molecule has 0 heterocycles. The molecule has 0 saturated heterocycles. The first-order valence-corrected chi connectivity index (χ1v) is 29.6. The van der Waals surface area contributed by atoms with Crippen molar-refractivity contribution in [3.8, 4) is 0 Å². The first-order valence-electron chi connectivity index (χ1n) is 14.9. The highest BCUT2D eigenvalue weighted by molar-refractivity contribution is 6.90. The SMILES string of the molecule is CN(C)C(=NCCC[Si](C)(O[Si](C)(C)C)O[Si](C)(CCCN=C(N(C)C)N(C)C)O[Si](C)(C)O[Si](C)(C)C)N(C)C. The van der Waals surface area contributed by atoms with E-state index in [0.29, 0.717) is 0 Å². The van der Waals surface area contributed by atoms with Gasteiger partial charge in [-0.2, -0.15) is 0 Å². The number of hydrogen-bond donors (Lipinski definition) is 0. The Labute approximate surface area is 259 Å². The molecule has 0 fully saturated rings. The number of rotatable bonds is 16. The van der Waals surface area contributed by atoms with Crippen molar-refractivity contribution in [1.29, 1.82) is 0 Å². The van der Waals surface area contributed by atoms with Crippen molar-refractivity contribution in [2.75, 3.05) is 69.5 Å². The first kappa shape index (κ1) is 40.5. The van der Waals surface area contributed by atoms with Gasteiger partial charge in [0.15, 0.2) is 28.6 Å². The lowest BCUT2D eigenvalue weighted by Gasteiger charge is -2.44. The second kappa shape index (κ2) is 16.5.